The lowest BCUT2D eigenvalue weighted by molar-refractivity contribution is 0.0951. The second kappa shape index (κ2) is 9.16. The third kappa shape index (κ3) is 6.12. The van der Waals surface area contributed by atoms with Crippen LogP contribution in [0.25, 0.3) is 0 Å². The largest absolute Gasteiger partial charge is 0.351 e. The van der Waals surface area contributed by atoms with E-state index in [1.54, 1.807) is 24.3 Å². The first-order valence-corrected chi connectivity index (χ1v) is 10.5. The standard InChI is InChI=1S/C19H23ClN2O3S/c1-15-5-3-4-6-18(15)19(23)21-12-14-22(26(2,24)25)13-11-16-7-9-17(20)10-8-16/h3-10H,11-14H2,1-2H3,(H,21,23). The minimum atomic E-state index is -3.36. The number of rotatable bonds is 8. The van der Waals surface area contributed by atoms with E-state index in [1.807, 2.05) is 31.2 Å². The summed E-state index contributed by atoms with van der Waals surface area (Å²) in [5.41, 5.74) is 2.49. The Morgan fingerprint density at radius 1 is 1.08 bits per heavy atom. The Morgan fingerprint density at radius 3 is 2.35 bits per heavy atom. The van der Waals surface area contributed by atoms with E-state index >= 15 is 0 Å². The Morgan fingerprint density at radius 2 is 1.73 bits per heavy atom. The molecule has 0 aliphatic heterocycles. The van der Waals surface area contributed by atoms with Gasteiger partial charge in [-0.2, -0.15) is 0 Å². The molecule has 0 saturated heterocycles. The van der Waals surface area contributed by atoms with Crippen LogP contribution in [-0.4, -0.2) is 44.5 Å². The Balaban J connectivity index is 1.91. The first kappa shape index (κ1) is 20.4. The number of carbonyl (C=O) groups is 1. The zero-order chi connectivity index (χ0) is 19.2. The molecule has 0 aliphatic rings. The first-order valence-electron chi connectivity index (χ1n) is 8.31. The molecule has 0 aliphatic carbocycles. The summed E-state index contributed by atoms with van der Waals surface area (Å²) >= 11 is 5.86. The van der Waals surface area contributed by atoms with Crippen molar-refractivity contribution in [2.45, 2.75) is 13.3 Å². The van der Waals surface area contributed by atoms with Gasteiger partial charge in [-0.3, -0.25) is 4.79 Å². The number of benzene rings is 2. The molecule has 0 aromatic heterocycles. The van der Waals surface area contributed by atoms with Crippen LogP contribution in [0.2, 0.25) is 5.02 Å². The molecule has 140 valence electrons. The fourth-order valence-corrected chi connectivity index (χ4v) is 3.54. The summed E-state index contributed by atoms with van der Waals surface area (Å²) < 4.78 is 25.4. The van der Waals surface area contributed by atoms with E-state index in [-0.39, 0.29) is 19.0 Å². The Kier molecular flexibility index (Phi) is 7.20. The fourth-order valence-electron chi connectivity index (χ4n) is 2.57. The maximum atomic E-state index is 12.2. The van der Waals surface area contributed by atoms with Gasteiger partial charge in [-0.15, -0.1) is 0 Å². The molecule has 0 unspecified atom stereocenters. The summed E-state index contributed by atoms with van der Waals surface area (Å²) in [6.07, 6.45) is 1.76. The molecule has 0 bridgehead atoms. The van der Waals surface area contributed by atoms with Crippen LogP contribution >= 0.6 is 11.6 Å². The predicted octanol–water partition coefficient (Wildman–Crippen LogP) is 2.88. The van der Waals surface area contributed by atoms with Gasteiger partial charge < -0.3 is 5.32 Å². The number of aryl methyl sites for hydroxylation is 1. The number of nitrogens with zero attached hydrogens (tertiary/aromatic N) is 1. The van der Waals surface area contributed by atoms with E-state index in [0.29, 0.717) is 23.6 Å². The summed E-state index contributed by atoms with van der Waals surface area (Å²) in [6, 6.07) is 14.6. The molecular weight excluding hydrogens is 372 g/mol. The van der Waals surface area contributed by atoms with Crippen LogP contribution in [0.3, 0.4) is 0 Å². The van der Waals surface area contributed by atoms with Crippen LogP contribution in [-0.2, 0) is 16.4 Å². The van der Waals surface area contributed by atoms with E-state index in [1.165, 1.54) is 10.6 Å². The predicted molar refractivity (Wildman–Crippen MR) is 105 cm³/mol. The van der Waals surface area contributed by atoms with Crippen molar-refractivity contribution in [1.82, 2.24) is 9.62 Å². The van der Waals surface area contributed by atoms with Crippen molar-refractivity contribution in [2.75, 3.05) is 25.9 Å². The third-order valence-corrected chi connectivity index (χ3v) is 5.62. The van der Waals surface area contributed by atoms with Gasteiger partial charge in [0, 0.05) is 30.2 Å². The molecule has 2 aromatic rings. The molecular formula is C19H23ClN2O3S. The topological polar surface area (TPSA) is 66.5 Å². The number of hydrogen-bond acceptors (Lipinski definition) is 3. The Bertz CT molecular complexity index is 851. The van der Waals surface area contributed by atoms with Crippen LogP contribution in [0.5, 0.6) is 0 Å². The number of hydrogen-bond donors (Lipinski definition) is 1. The van der Waals surface area contributed by atoms with Crippen molar-refractivity contribution in [3.63, 3.8) is 0 Å². The molecule has 7 heteroatoms. The molecule has 1 N–H and O–H groups in total. The SMILES string of the molecule is Cc1ccccc1C(=O)NCCN(CCc1ccc(Cl)cc1)S(C)(=O)=O. The second-order valence-corrected chi connectivity index (χ2v) is 8.53. The van der Waals surface area contributed by atoms with Gasteiger partial charge in [0.05, 0.1) is 6.26 Å². The van der Waals surface area contributed by atoms with Crippen molar-refractivity contribution < 1.29 is 13.2 Å². The number of carbonyl (C=O) groups excluding carboxylic acids is 1. The van der Waals surface area contributed by atoms with Crippen molar-refractivity contribution in [2.24, 2.45) is 0 Å². The minimum Gasteiger partial charge on any atom is -0.351 e. The number of sulfonamides is 1. The number of amides is 1. The average molecular weight is 395 g/mol. The van der Waals surface area contributed by atoms with E-state index < -0.39 is 10.0 Å². The third-order valence-electron chi connectivity index (χ3n) is 4.07. The lowest BCUT2D eigenvalue weighted by Gasteiger charge is -2.20. The van der Waals surface area contributed by atoms with Crippen LogP contribution in [0.15, 0.2) is 48.5 Å². The molecule has 0 spiro atoms. The van der Waals surface area contributed by atoms with Crippen molar-refractivity contribution in [3.8, 4) is 0 Å². The van der Waals surface area contributed by atoms with Crippen molar-refractivity contribution in [1.29, 1.82) is 0 Å². The minimum absolute atomic E-state index is 0.200. The molecule has 0 saturated carbocycles. The van der Waals surface area contributed by atoms with E-state index in [4.69, 9.17) is 11.6 Å². The molecule has 2 aromatic carbocycles. The summed E-state index contributed by atoms with van der Waals surface area (Å²) in [7, 11) is -3.36. The molecule has 0 atom stereocenters. The van der Waals surface area contributed by atoms with E-state index in [0.717, 1.165) is 11.1 Å². The smallest absolute Gasteiger partial charge is 0.251 e. The highest BCUT2D eigenvalue weighted by molar-refractivity contribution is 7.88. The highest BCUT2D eigenvalue weighted by Gasteiger charge is 2.17. The Hall–Kier alpha value is -1.89. The maximum Gasteiger partial charge on any atom is 0.251 e. The molecule has 0 fully saturated rings. The molecule has 26 heavy (non-hydrogen) atoms. The zero-order valence-electron chi connectivity index (χ0n) is 14.9. The van der Waals surface area contributed by atoms with Crippen LogP contribution in [0.1, 0.15) is 21.5 Å². The summed E-state index contributed by atoms with van der Waals surface area (Å²) in [5.74, 6) is -0.200. The molecule has 0 radical (unpaired) electrons. The normalized spacial score (nSPS) is 11.5. The van der Waals surface area contributed by atoms with Gasteiger partial charge in [-0.05, 0) is 42.7 Å². The second-order valence-electron chi connectivity index (χ2n) is 6.11. The zero-order valence-corrected chi connectivity index (χ0v) is 16.5. The number of halogens is 1. The van der Waals surface area contributed by atoms with Crippen LogP contribution in [0.4, 0.5) is 0 Å². The van der Waals surface area contributed by atoms with Gasteiger partial charge in [-0.1, -0.05) is 41.9 Å². The molecule has 5 nitrogen and oxygen atoms in total. The summed E-state index contributed by atoms with van der Waals surface area (Å²) in [5, 5.41) is 3.43. The van der Waals surface area contributed by atoms with Crippen LogP contribution in [0, 0.1) is 6.92 Å². The van der Waals surface area contributed by atoms with Crippen molar-refractivity contribution in [3.05, 3.63) is 70.2 Å². The summed E-state index contributed by atoms with van der Waals surface area (Å²) in [4.78, 5) is 12.2. The lowest BCUT2D eigenvalue weighted by Crippen LogP contribution is -2.39. The first-order chi connectivity index (χ1) is 12.3. The highest BCUT2D eigenvalue weighted by Crippen LogP contribution is 2.11. The maximum absolute atomic E-state index is 12.2. The van der Waals surface area contributed by atoms with Gasteiger partial charge in [0.15, 0.2) is 0 Å². The van der Waals surface area contributed by atoms with Gasteiger partial charge in [-0.25, -0.2) is 12.7 Å². The van der Waals surface area contributed by atoms with Gasteiger partial charge >= 0.3 is 0 Å². The molecule has 1 amide bonds. The quantitative estimate of drug-likeness (QED) is 0.748. The van der Waals surface area contributed by atoms with E-state index in [2.05, 4.69) is 5.32 Å². The lowest BCUT2D eigenvalue weighted by atomic mass is 10.1. The number of nitrogens with one attached hydrogen (secondary N) is 1. The van der Waals surface area contributed by atoms with Gasteiger partial charge in [0.2, 0.25) is 10.0 Å². The van der Waals surface area contributed by atoms with Gasteiger partial charge in [0.25, 0.3) is 5.91 Å². The highest BCUT2D eigenvalue weighted by atomic mass is 35.5. The van der Waals surface area contributed by atoms with Crippen molar-refractivity contribution >= 4 is 27.5 Å². The fraction of sp³-hybridized carbons (Fsp3) is 0.316. The van der Waals surface area contributed by atoms with E-state index in [9.17, 15) is 13.2 Å². The van der Waals surface area contributed by atoms with Gasteiger partial charge in [0.1, 0.15) is 0 Å². The molecule has 0 heterocycles. The summed E-state index contributed by atoms with van der Waals surface area (Å²) in [6.45, 7) is 2.69. The van der Waals surface area contributed by atoms with Crippen LogP contribution < -0.4 is 5.32 Å². The Labute approximate surface area is 160 Å². The average Bonchev–Trinajstić information content (AvgIpc) is 2.58. The monoisotopic (exact) mass is 394 g/mol. The molecule has 2 rings (SSSR count).